The fraction of sp³-hybridized carbons (Fsp3) is 0.500. The van der Waals surface area contributed by atoms with E-state index in [-0.39, 0.29) is 6.10 Å². The van der Waals surface area contributed by atoms with Gasteiger partial charge in [0.1, 0.15) is 17.4 Å². The summed E-state index contributed by atoms with van der Waals surface area (Å²) in [7, 11) is 1.49. The van der Waals surface area contributed by atoms with Crippen molar-refractivity contribution in [2.24, 2.45) is 0 Å². The Balaban J connectivity index is 2.15. The first-order valence-corrected chi connectivity index (χ1v) is 6.83. The Labute approximate surface area is 117 Å². The van der Waals surface area contributed by atoms with Gasteiger partial charge in [-0.25, -0.2) is 4.79 Å². The molecule has 104 valence electrons. The molecule has 0 amide bonds. The standard InChI is InChI=1S/C14H18ClNO3/c1-18-13-8-12(16)11(15)7-10(13)14(17)19-9-5-3-2-4-6-9/h7-9H,2-6,16H2,1H3. The molecule has 2 N–H and O–H groups in total. The molecule has 1 fully saturated rings. The molecule has 4 nitrogen and oxygen atoms in total. The van der Waals surface area contributed by atoms with Gasteiger partial charge in [-0.15, -0.1) is 0 Å². The van der Waals surface area contributed by atoms with E-state index < -0.39 is 5.97 Å². The first kappa shape index (κ1) is 14.0. The number of nitrogen functional groups attached to an aromatic ring is 1. The smallest absolute Gasteiger partial charge is 0.342 e. The van der Waals surface area contributed by atoms with Gasteiger partial charge >= 0.3 is 5.97 Å². The molecule has 0 saturated heterocycles. The van der Waals surface area contributed by atoms with Gasteiger partial charge in [-0.2, -0.15) is 0 Å². The van der Waals surface area contributed by atoms with Crippen molar-refractivity contribution in [1.82, 2.24) is 0 Å². The average molecular weight is 284 g/mol. The van der Waals surface area contributed by atoms with Gasteiger partial charge in [0, 0.05) is 6.07 Å². The van der Waals surface area contributed by atoms with Gasteiger partial charge in [-0.3, -0.25) is 0 Å². The van der Waals surface area contributed by atoms with Crippen molar-refractivity contribution in [3.63, 3.8) is 0 Å². The second-order valence-corrected chi connectivity index (χ2v) is 5.15. The Morgan fingerprint density at radius 3 is 2.63 bits per heavy atom. The fourth-order valence-electron chi connectivity index (χ4n) is 2.30. The highest BCUT2D eigenvalue weighted by Crippen LogP contribution is 2.30. The zero-order chi connectivity index (χ0) is 13.8. The summed E-state index contributed by atoms with van der Waals surface area (Å²) >= 11 is 5.94. The molecule has 1 aromatic rings. The highest BCUT2D eigenvalue weighted by atomic mass is 35.5. The van der Waals surface area contributed by atoms with E-state index in [0.29, 0.717) is 22.0 Å². The summed E-state index contributed by atoms with van der Waals surface area (Å²) in [5, 5.41) is 0.330. The van der Waals surface area contributed by atoms with Crippen molar-refractivity contribution in [3.8, 4) is 5.75 Å². The summed E-state index contributed by atoms with van der Waals surface area (Å²) < 4.78 is 10.6. The molecule has 0 atom stereocenters. The Kier molecular flexibility index (Phi) is 4.53. The maximum atomic E-state index is 12.2. The van der Waals surface area contributed by atoms with E-state index in [9.17, 15) is 4.79 Å². The number of benzene rings is 1. The van der Waals surface area contributed by atoms with Crippen LogP contribution in [0.3, 0.4) is 0 Å². The minimum atomic E-state index is -0.398. The Morgan fingerprint density at radius 2 is 2.00 bits per heavy atom. The average Bonchev–Trinajstić information content (AvgIpc) is 2.42. The molecule has 1 aromatic carbocycles. The molecule has 0 radical (unpaired) electrons. The Hall–Kier alpha value is -1.42. The predicted molar refractivity (Wildman–Crippen MR) is 74.7 cm³/mol. The summed E-state index contributed by atoms with van der Waals surface area (Å²) in [5.41, 5.74) is 6.39. The molecule has 1 aliphatic rings. The van der Waals surface area contributed by atoms with Crippen molar-refractivity contribution in [3.05, 3.63) is 22.7 Å². The Bertz CT molecular complexity index is 470. The van der Waals surface area contributed by atoms with Gasteiger partial charge < -0.3 is 15.2 Å². The third kappa shape index (κ3) is 3.32. The van der Waals surface area contributed by atoms with Crippen molar-refractivity contribution in [2.45, 2.75) is 38.2 Å². The number of ether oxygens (including phenoxy) is 2. The molecule has 1 aliphatic carbocycles. The number of hydrogen-bond donors (Lipinski definition) is 1. The van der Waals surface area contributed by atoms with Gasteiger partial charge in [0.05, 0.1) is 17.8 Å². The number of nitrogens with two attached hydrogens (primary N) is 1. The van der Waals surface area contributed by atoms with E-state index in [4.69, 9.17) is 26.8 Å². The third-order valence-electron chi connectivity index (χ3n) is 3.36. The third-order valence-corrected chi connectivity index (χ3v) is 3.69. The fourth-order valence-corrected chi connectivity index (χ4v) is 2.46. The lowest BCUT2D eigenvalue weighted by Gasteiger charge is -2.22. The molecule has 5 heteroatoms. The second kappa shape index (κ2) is 6.15. The van der Waals surface area contributed by atoms with Crippen LogP contribution in [0, 0.1) is 0 Å². The molecule has 0 unspecified atom stereocenters. The molecule has 19 heavy (non-hydrogen) atoms. The first-order chi connectivity index (χ1) is 9.11. The van der Waals surface area contributed by atoms with Gasteiger partial charge in [0.15, 0.2) is 0 Å². The summed E-state index contributed by atoms with van der Waals surface area (Å²) in [4.78, 5) is 12.2. The highest BCUT2D eigenvalue weighted by Gasteiger charge is 2.22. The Morgan fingerprint density at radius 1 is 1.32 bits per heavy atom. The van der Waals surface area contributed by atoms with Crippen molar-refractivity contribution in [1.29, 1.82) is 0 Å². The highest BCUT2D eigenvalue weighted by molar-refractivity contribution is 6.33. The molecule has 0 heterocycles. The van der Waals surface area contributed by atoms with Gasteiger partial charge in [-0.1, -0.05) is 18.0 Å². The first-order valence-electron chi connectivity index (χ1n) is 6.46. The van der Waals surface area contributed by atoms with Crippen LogP contribution in [0.25, 0.3) is 0 Å². The second-order valence-electron chi connectivity index (χ2n) is 4.74. The SMILES string of the molecule is COc1cc(N)c(Cl)cc1C(=O)OC1CCCCC1. The lowest BCUT2D eigenvalue weighted by atomic mass is 9.98. The summed E-state index contributed by atoms with van der Waals surface area (Å²) in [6, 6.07) is 3.04. The summed E-state index contributed by atoms with van der Waals surface area (Å²) in [5.74, 6) is -0.00615. The summed E-state index contributed by atoms with van der Waals surface area (Å²) in [6.45, 7) is 0. The van der Waals surface area contributed by atoms with Crippen LogP contribution in [0.5, 0.6) is 5.75 Å². The van der Waals surface area contributed by atoms with Crippen LogP contribution in [0.15, 0.2) is 12.1 Å². The number of carbonyl (C=O) groups is 1. The van der Waals surface area contributed by atoms with Crippen molar-refractivity contribution < 1.29 is 14.3 Å². The van der Waals surface area contributed by atoms with Gasteiger partial charge in [0.25, 0.3) is 0 Å². The molecule has 0 aliphatic heterocycles. The number of halogens is 1. The van der Waals surface area contributed by atoms with Crippen molar-refractivity contribution in [2.75, 3.05) is 12.8 Å². The van der Waals surface area contributed by atoms with Crippen molar-refractivity contribution >= 4 is 23.3 Å². The number of esters is 1. The number of anilines is 1. The normalized spacial score (nSPS) is 16.1. The lowest BCUT2D eigenvalue weighted by molar-refractivity contribution is 0.0208. The number of rotatable bonds is 3. The topological polar surface area (TPSA) is 61.5 Å². The molecule has 2 rings (SSSR count). The lowest BCUT2D eigenvalue weighted by Crippen LogP contribution is -2.21. The van der Waals surface area contributed by atoms with E-state index in [1.165, 1.54) is 19.6 Å². The maximum absolute atomic E-state index is 12.2. The van der Waals surface area contributed by atoms with Gasteiger partial charge in [-0.05, 0) is 31.7 Å². The van der Waals surface area contributed by atoms with Crippen LogP contribution in [0.1, 0.15) is 42.5 Å². The molecule has 0 aromatic heterocycles. The maximum Gasteiger partial charge on any atom is 0.342 e. The molecular weight excluding hydrogens is 266 g/mol. The van der Waals surface area contributed by atoms with Crippen LogP contribution < -0.4 is 10.5 Å². The van der Waals surface area contributed by atoms with Crippen LogP contribution >= 0.6 is 11.6 Å². The van der Waals surface area contributed by atoms with Crippen LogP contribution in [0.2, 0.25) is 5.02 Å². The number of methoxy groups -OCH3 is 1. The molecular formula is C14H18ClNO3. The quantitative estimate of drug-likeness (QED) is 0.682. The molecule has 0 spiro atoms. The van der Waals surface area contributed by atoms with Crippen LogP contribution in [-0.2, 0) is 4.74 Å². The number of carbonyl (C=O) groups excluding carboxylic acids is 1. The molecule has 1 saturated carbocycles. The largest absolute Gasteiger partial charge is 0.496 e. The van der Waals surface area contributed by atoms with E-state index in [0.717, 1.165) is 25.7 Å². The van der Waals surface area contributed by atoms with E-state index in [2.05, 4.69) is 0 Å². The number of hydrogen-bond acceptors (Lipinski definition) is 4. The van der Waals surface area contributed by atoms with E-state index in [1.807, 2.05) is 0 Å². The minimum Gasteiger partial charge on any atom is -0.496 e. The summed E-state index contributed by atoms with van der Waals surface area (Å²) in [6.07, 6.45) is 5.29. The van der Waals surface area contributed by atoms with Gasteiger partial charge in [0.2, 0.25) is 0 Å². The monoisotopic (exact) mass is 283 g/mol. The van der Waals surface area contributed by atoms with Crippen LogP contribution in [-0.4, -0.2) is 19.2 Å². The zero-order valence-electron chi connectivity index (χ0n) is 10.9. The minimum absolute atomic E-state index is 0.00212. The zero-order valence-corrected chi connectivity index (χ0v) is 11.7. The van der Waals surface area contributed by atoms with E-state index >= 15 is 0 Å². The van der Waals surface area contributed by atoms with Crippen LogP contribution in [0.4, 0.5) is 5.69 Å². The molecule has 0 bridgehead atoms. The van der Waals surface area contributed by atoms with E-state index in [1.54, 1.807) is 6.07 Å². The predicted octanol–water partition coefficient (Wildman–Crippen LogP) is 3.42.